The van der Waals surface area contributed by atoms with Gasteiger partial charge in [-0.1, -0.05) is 15.9 Å². The number of benzene rings is 1. The predicted octanol–water partition coefficient (Wildman–Crippen LogP) is 5.67. The minimum Gasteiger partial charge on any atom is -0.253 e. The summed E-state index contributed by atoms with van der Waals surface area (Å²) in [6, 6.07) is 2.25. The molecule has 1 aromatic carbocycles. The molecule has 106 valence electrons. The van der Waals surface area contributed by atoms with E-state index in [1.165, 1.54) is 43.4 Å². The van der Waals surface area contributed by atoms with Gasteiger partial charge in [-0.3, -0.25) is 4.98 Å². The Balaban J connectivity index is 2.83. The van der Waals surface area contributed by atoms with E-state index in [4.69, 9.17) is 4.98 Å². The molecule has 2 aromatic rings. The van der Waals surface area contributed by atoms with Gasteiger partial charge in [0.05, 0.1) is 5.69 Å². The number of rotatable bonds is 1. The highest BCUT2D eigenvalue weighted by molar-refractivity contribution is 9.10. The van der Waals surface area contributed by atoms with Gasteiger partial charge in [0, 0.05) is 15.7 Å². The molecule has 0 fully saturated rings. The SMILES string of the molecule is Cc1cc(-c2nc(C)c(C)c(C)c2C)c(C)c(C)c1Br. The van der Waals surface area contributed by atoms with Gasteiger partial charge in [-0.2, -0.15) is 0 Å². The molecule has 2 rings (SSSR count). The fraction of sp³-hybridized carbons (Fsp3) is 0.389. The molecule has 0 unspecified atom stereocenters. The van der Waals surface area contributed by atoms with Crippen molar-refractivity contribution in [2.24, 2.45) is 0 Å². The van der Waals surface area contributed by atoms with Crippen molar-refractivity contribution in [3.8, 4) is 11.3 Å². The molecule has 0 spiro atoms. The summed E-state index contributed by atoms with van der Waals surface area (Å²) in [7, 11) is 0. The molecule has 2 heteroatoms. The lowest BCUT2D eigenvalue weighted by Crippen LogP contribution is -2.02. The average Bonchev–Trinajstić information content (AvgIpc) is 2.42. The van der Waals surface area contributed by atoms with Crippen LogP contribution in [0.15, 0.2) is 10.5 Å². The highest BCUT2D eigenvalue weighted by Crippen LogP contribution is 2.35. The fourth-order valence-electron chi connectivity index (χ4n) is 2.62. The number of nitrogens with zero attached hydrogens (tertiary/aromatic N) is 1. The Morgan fingerprint density at radius 3 is 1.95 bits per heavy atom. The van der Waals surface area contributed by atoms with Gasteiger partial charge in [-0.15, -0.1) is 0 Å². The lowest BCUT2D eigenvalue weighted by molar-refractivity contribution is 1.09. The van der Waals surface area contributed by atoms with Gasteiger partial charge < -0.3 is 0 Å². The number of halogens is 1. The van der Waals surface area contributed by atoms with Crippen LogP contribution in [0.5, 0.6) is 0 Å². The number of hydrogen-bond acceptors (Lipinski definition) is 1. The first-order valence-electron chi connectivity index (χ1n) is 6.96. The van der Waals surface area contributed by atoms with Gasteiger partial charge in [-0.05, 0) is 87.9 Å². The zero-order valence-corrected chi connectivity index (χ0v) is 15.0. The predicted molar refractivity (Wildman–Crippen MR) is 90.5 cm³/mol. The number of aromatic nitrogens is 1. The Kier molecular flexibility index (Phi) is 4.06. The summed E-state index contributed by atoms with van der Waals surface area (Å²) >= 11 is 3.68. The normalized spacial score (nSPS) is 11.0. The van der Waals surface area contributed by atoms with Crippen molar-refractivity contribution in [2.75, 3.05) is 0 Å². The molecule has 1 heterocycles. The molecular formula is C18H22BrN. The molecule has 0 bridgehead atoms. The van der Waals surface area contributed by atoms with Gasteiger partial charge in [0.15, 0.2) is 0 Å². The Hall–Kier alpha value is -1.15. The van der Waals surface area contributed by atoms with Crippen molar-refractivity contribution in [1.29, 1.82) is 0 Å². The van der Waals surface area contributed by atoms with E-state index < -0.39 is 0 Å². The first-order chi connectivity index (χ1) is 9.25. The highest BCUT2D eigenvalue weighted by atomic mass is 79.9. The third-order valence-electron chi connectivity index (χ3n) is 4.56. The minimum atomic E-state index is 1.13. The molecule has 0 radical (unpaired) electrons. The minimum absolute atomic E-state index is 1.13. The van der Waals surface area contributed by atoms with Gasteiger partial charge in [0.25, 0.3) is 0 Å². The molecule has 0 aliphatic heterocycles. The molecule has 0 saturated carbocycles. The van der Waals surface area contributed by atoms with E-state index in [0.29, 0.717) is 0 Å². The molecule has 20 heavy (non-hydrogen) atoms. The summed E-state index contributed by atoms with van der Waals surface area (Å²) in [6.45, 7) is 15.1. The van der Waals surface area contributed by atoms with Gasteiger partial charge >= 0.3 is 0 Å². The number of aryl methyl sites for hydroxylation is 2. The van der Waals surface area contributed by atoms with Gasteiger partial charge in [0.1, 0.15) is 0 Å². The van der Waals surface area contributed by atoms with E-state index in [9.17, 15) is 0 Å². The van der Waals surface area contributed by atoms with Gasteiger partial charge in [0.2, 0.25) is 0 Å². The monoisotopic (exact) mass is 331 g/mol. The third kappa shape index (κ3) is 2.31. The van der Waals surface area contributed by atoms with Crippen LogP contribution in [0.2, 0.25) is 0 Å². The van der Waals surface area contributed by atoms with Crippen LogP contribution < -0.4 is 0 Å². The topological polar surface area (TPSA) is 12.9 Å². The quantitative estimate of drug-likeness (QED) is 0.656. The first-order valence-corrected chi connectivity index (χ1v) is 7.76. The second-order valence-electron chi connectivity index (χ2n) is 5.73. The molecule has 0 saturated heterocycles. The third-order valence-corrected chi connectivity index (χ3v) is 5.78. The standard InChI is InChI=1S/C18H22BrN/c1-9-8-16(12(4)13(5)17(9)19)18-14(6)10(2)11(3)15(7)20-18/h8H,1-7H3. The van der Waals surface area contributed by atoms with Crippen LogP contribution in [0.25, 0.3) is 11.3 Å². The Labute approximate surface area is 130 Å². The van der Waals surface area contributed by atoms with Crippen molar-refractivity contribution < 1.29 is 0 Å². The average molecular weight is 332 g/mol. The Morgan fingerprint density at radius 1 is 0.750 bits per heavy atom. The van der Waals surface area contributed by atoms with Crippen molar-refractivity contribution in [3.63, 3.8) is 0 Å². The highest BCUT2D eigenvalue weighted by Gasteiger charge is 2.15. The maximum absolute atomic E-state index is 4.86. The second-order valence-corrected chi connectivity index (χ2v) is 6.52. The Bertz CT molecular complexity index is 638. The fourth-order valence-corrected chi connectivity index (χ4v) is 3.04. The molecule has 0 atom stereocenters. The molecular weight excluding hydrogens is 310 g/mol. The van der Waals surface area contributed by atoms with Crippen molar-refractivity contribution in [2.45, 2.75) is 48.5 Å². The summed E-state index contributed by atoms with van der Waals surface area (Å²) in [5, 5.41) is 0. The lowest BCUT2D eigenvalue weighted by Gasteiger charge is -2.18. The maximum atomic E-state index is 4.86. The first kappa shape index (κ1) is 15.2. The molecule has 1 aromatic heterocycles. The number of hydrogen-bond donors (Lipinski definition) is 0. The molecule has 1 nitrogen and oxygen atoms in total. The number of pyridine rings is 1. The second kappa shape index (κ2) is 5.33. The van der Waals surface area contributed by atoms with Crippen molar-refractivity contribution in [1.82, 2.24) is 4.98 Å². The van der Waals surface area contributed by atoms with E-state index in [1.54, 1.807) is 0 Å². The van der Waals surface area contributed by atoms with E-state index >= 15 is 0 Å². The van der Waals surface area contributed by atoms with E-state index in [1.807, 2.05) is 0 Å². The summed E-state index contributed by atoms with van der Waals surface area (Å²) in [5.41, 5.74) is 11.3. The van der Waals surface area contributed by atoms with Crippen LogP contribution in [0.4, 0.5) is 0 Å². The van der Waals surface area contributed by atoms with E-state index in [2.05, 4.69) is 70.5 Å². The largest absolute Gasteiger partial charge is 0.253 e. The van der Waals surface area contributed by atoms with Crippen LogP contribution >= 0.6 is 15.9 Å². The summed E-state index contributed by atoms with van der Waals surface area (Å²) in [4.78, 5) is 4.86. The van der Waals surface area contributed by atoms with Crippen LogP contribution in [-0.4, -0.2) is 4.98 Å². The van der Waals surface area contributed by atoms with Crippen LogP contribution in [0.3, 0.4) is 0 Å². The smallest absolute Gasteiger partial charge is 0.0740 e. The van der Waals surface area contributed by atoms with E-state index in [-0.39, 0.29) is 0 Å². The van der Waals surface area contributed by atoms with Crippen molar-refractivity contribution >= 4 is 15.9 Å². The summed E-state index contributed by atoms with van der Waals surface area (Å²) in [6.07, 6.45) is 0. The summed E-state index contributed by atoms with van der Waals surface area (Å²) < 4.78 is 1.21. The molecule has 0 aliphatic rings. The van der Waals surface area contributed by atoms with Crippen LogP contribution in [-0.2, 0) is 0 Å². The van der Waals surface area contributed by atoms with Crippen LogP contribution in [0.1, 0.15) is 39.1 Å². The maximum Gasteiger partial charge on any atom is 0.0740 e. The molecule has 0 aliphatic carbocycles. The molecule has 0 N–H and O–H groups in total. The van der Waals surface area contributed by atoms with E-state index in [0.717, 1.165) is 11.4 Å². The zero-order valence-electron chi connectivity index (χ0n) is 13.4. The molecule has 0 amide bonds. The summed E-state index contributed by atoms with van der Waals surface area (Å²) in [5.74, 6) is 0. The van der Waals surface area contributed by atoms with Gasteiger partial charge in [-0.25, -0.2) is 0 Å². The zero-order chi connectivity index (χ0) is 15.2. The van der Waals surface area contributed by atoms with Crippen molar-refractivity contribution in [3.05, 3.63) is 49.6 Å². The lowest BCUT2D eigenvalue weighted by atomic mass is 9.92. The Morgan fingerprint density at radius 2 is 1.35 bits per heavy atom. The van der Waals surface area contributed by atoms with Crippen LogP contribution in [0, 0.1) is 48.5 Å².